The first kappa shape index (κ1) is 15.3. The fourth-order valence-electron chi connectivity index (χ4n) is 2.77. The van der Waals surface area contributed by atoms with Crippen molar-refractivity contribution in [3.8, 4) is 11.5 Å². The lowest BCUT2D eigenvalue weighted by Gasteiger charge is -2.27. The first-order chi connectivity index (χ1) is 12.3. The number of fused-ring (bicyclic) bond motifs is 1. The second-order valence-corrected chi connectivity index (χ2v) is 5.81. The highest BCUT2D eigenvalue weighted by Gasteiger charge is 2.26. The van der Waals surface area contributed by atoms with E-state index < -0.39 is 6.23 Å². The number of rotatable bonds is 4. The fraction of sp³-hybridized carbons (Fsp3) is 0.0952. The Bertz CT molecular complexity index is 892. The van der Waals surface area contributed by atoms with Gasteiger partial charge in [0.2, 0.25) is 0 Å². The Morgan fingerprint density at radius 1 is 0.920 bits per heavy atom. The normalized spacial score (nSPS) is 15.7. The molecule has 1 aliphatic heterocycles. The van der Waals surface area contributed by atoms with Crippen molar-refractivity contribution in [2.45, 2.75) is 12.8 Å². The van der Waals surface area contributed by atoms with Crippen molar-refractivity contribution in [1.29, 1.82) is 0 Å². The lowest BCUT2D eigenvalue weighted by atomic mass is 10.1. The minimum atomic E-state index is -0.525. The van der Waals surface area contributed by atoms with E-state index in [1.54, 1.807) is 12.1 Å². The number of nitrogens with one attached hydrogen (secondary N) is 1. The smallest absolute Gasteiger partial charge is 0.258 e. The molecule has 0 spiro atoms. The molecule has 1 atom stereocenters. The number of hydrogen-bond donors (Lipinski definition) is 1. The van der Waals surface area contributed by atoms with Gasteiger partial charge >= 0.3 is 0 Å². The summed E-state index contributed by atoms with van der Waals surface area (Å²) in [5.41, 5.74) is 2.49. The average molecular weight is 331 g/mol. The second-order valence-electron chi connectivity index (χ2n) is 5.81. The van der Waals surface area contributed by atoms with Gasteiger partial charge in [-0.15, -0.1) is 0 Å². The third-order valence-electron chi connectivity index (χ3n) is 4.05. The van der Waals surface area contributed by atoms with E-state index in [0.29, 0.717) is 17.9 Å². The third-order valence-corrected chi connectivity index (χ3v) is 4.05. The highest BCUT2D eigenvalue weighted by atomic mass is 16.5. The van der Waals surface area contributed by atoms with Gasteiger partial charge < -0.3 is 14.8 Å². The Morgan fingerprint density at radius 2 is 1.72 bits per heavy atom. The van der Waals surface area contributed by atoms with Crippen molar-refractivity contribution in [2.75, 3.05) is 0 Å². The molecule has 124 valence electrons. The van der Waals surface area contributed by atoms with Gasteiger partial charge in [0.25, 0.3) is 5.91 Å². The van der Waals surface area contributed by atoms with Crippen molar-refractivity contribution in [2.24, 2.45) is 0 Å². The van der Waals surface area contributed by atoms with Gasteiger partial charge in [-0.05, 0) is 29.8 Å². The first-order valence-electron chi connectivity index (χ1n) is 8.13. The molecule has 1 aliphatic rings. The number of hydrogen-bond acceptors (Lipinski definition) is 3. The van der Waals surface area contributed by atoms with Crippen LogP contribution in [0.15, 0.2) is 78.9 Å². The Hall–Kier alpha value is -3.27. The summed E-state index contributed by atoms with van der Waals surface area (Å²) in [5, 5.41) is 2.87. The molecule has 0 aliphatic carbocycles. The van der Waals surface area contributed by atoms with Crippen LogP contribution in [0.2, 0.25) is 0 Å². The molecule has 0 radical (unpaired) electrons. The van der Waals surface area contributed by atoms with Crippen LogP contribution in [-0.2, 0) is 6.61 Å². The van der Waals surface area contributed by atoms with Crippen LogP contribution in [0.1, 0.15) is 27.7 Å². The zero-order valence-corrected chi connectivity index (χ0v) is 13.5. The number of carbonyl (C=O) groups excluding carboxylic acids is 1. The Labute approximate surface area is 146 Å². The van der Waals surface area contributed by atoms with E-state index in [1.165, 1.54) is 0 Å². The number of benzene rings is 3. The highest BCUT2D eigenvalue weighted by Crippen LogP contribution is 2.30. The van der Waals surface area contributed by atoms with E-state index >= 15 is 0 Å². The Kier molecular flexibility index (Phi) is 4.09. The molecular formula is C21H17NO3. The lowest BCUT2D eigenvalue weighted by Crippen LogP contribution is -2.36. The molecule has 3 aromatic carbocycles. The molecule has 4 rings (SSSR count). The van der Waals surface area contributed by atoms with Crippen LogP contribution in [0.4, 0.5) is 0 Å². The standard InChI is InChI=1S/C21H17NO3/c23-20-18-11-4-5-12-19(18)25-21(22-20)16-9-6-10-17(13-16)24-14-15-7-2-1-3-8-15/h1-13,21H,14H2,(H,22,23)/t21-/m0/s1. The molecule has 1 heterocycles. The zero-order chi connectivity index (χ0) is 17.1. The summed E-state index contributed by atoms with van der Waals surface area (Å²) in [5.74, 6) is 1.19. The van der Waals surface area contributed by atoms with Crippen molar-refractivity contribution in [3.05, 3.63) is 95.6 Å². The summed E-state index contributed by atoms with van der Waals surface area (Å²) in [6.07, 6.45) is -0.525. The van der Waals surface area contributed by atoms with Crippen LogP contribution in [0.25, 0.3) is 0 Å². The van der Waals surface area contributed by atoms with Crippen molar-refractivity contribution in [3.63, 3.8) is 0 Å². The van der Waals surface area contributed by atoms with Crippen molar-refractivity contribution < 1.29 is 14.3 Å². The summed E-state index contributed by atoms with van der Waals surface area (Å²) in [7, 11) is 0. The molecule has 0 unspecified atom stereocenters. The molecule has 0 saturated heterocycles. The highest BCUT2D eigenvalue weighted by molar-refractivity contribution is 5.97. The van der Waals surface area contributed by atoms with E-state index in [0.717, 1.165) is 16.9 Å². The van der Waals surface area contributed by atoms with Crippen LogP contribution < -0.4 is 14.8 Å². The van der Waals surface area contributed by atoms with Gasteiger partial charge in [0.05, 0.1) is 5.56 Å². The van der Waals surface area contributed by atoms with Crippen LogP contribution in [0.3, 0.4) is 0 Å². The third kappa shape index (κ3) is 3.33. The molecule has 25 heavy (non-hydrogen) atoms. The molecule has 0 fully saturated rings. The number of ether oxygens (including phenoxy) is 2. The summed E-state index contributed by atoms with van der Waals surface area (Å²) >= 11 is 0. The predicted molar refractivity (Wildman–Crippen MR) is 94.5 cm³/mol. The molecule has 0 aromatic heterocycles. The van der Waals surface area contributed by atoms with Gasteiger partial charge in [-0.2, -0.15) is 0 Å². The average Bonchev–Trinajstić information content (AvgIpc) is 2.67. The van der Waals surface area contributed by atoms with Gasteiger partial charge in [0.1, 0.15) is 18.1 Å². The minimum absolute atomic E-state index is 0.137. The van der Waals surface area contributed by atoms with Crippen LogP contribution >= 0.6 is 0 Å². The maximum atomic E-state index is 12.2. The van der Waals surface area contributed by atoms with Gasteiger partial charge in [0, 0.05) is 5.56 Å². The Balaban J connectivity index is 1.51. The first-order valence-corrected chi connectivity index (χ1v) is 8.13. The van der Waals surface area contributed by atoms with Gasteiger partial charge in [0.15, 0.2) is 6.23 Å². The summed E-state index contributed by atoms with van der Waals surface area (Å²) in [6.45, 7) is 0.491. The second kappa shape index (κ2) is 6.69. The quantitative estimate of drug-likeness (QED) is 0.783. The molecule has 3 aromatic rings. The molecule has 4 heteroatoms. The monoisotopic (exact) mass is 331 g/mol. The fourth-order valence-corrected chi connectivity index (χ4v) is 2.77. The maximum Gasteiger partial charge on any atom is 0.258 e. The zero-order valence-electron chi connectivity index (χ0n) is 13.5. The minimum Gasteiger partial charge on any atom is -0.489 e. The van der Waals surface area contributed by atoms with Gasteiger partial charge in [-0.25, -0.2) is 0 Å². The largest absolute Gasteiger partial charge is 0.489 e. The molecule has 0 bridgehead atoms. The molecule has 1 N–H and O–H groups in total. The SMILES string of the molecule is O=C1N[C@H](c2cccc(OCc3ccccc3)c2)Oc2ccccc21. The van der Waals surface area contributed by atoms with E-state index in [4.69, 9.17) is 9.47 Å². The number of carbonyl (C=O) groups is 1. The van der Waals surface area contributed by atoms with E-state index in [2.05, 4.69) is 5.32 Å². The Morgan fingerprint density at radius 3 is 2.60 bits per heavy atom. The maximum absolute atomic E-state index is 12.2. The predicted octanol–water partition coefficient (Wildman–Crippen LogP) is 4.09. The molecule has 4 nitrogen and oxygen atoms in total. The number of para-hydroxylation sites is 1. The van der Waals surface area contributed by atoms with Crippen LogP contribution in [0, 0.1) is 0 Å². The van der Waals surface area contributed by atoms with E-state index in [9.17, 15) is 4.79 Å². The summed E-state index contributed by atoms with van der Waals surface area (Å²) < 4.78 is 11.8. The number of amides is 1. The molecular weight excluding hydrogens is 314 g/mol. The lowest BCUT2D eigenvalue weighted by molar-refractivity contribution is 0.0755. The van der Waals surface area contributed by atoms with E-state index in [1.807, 2.05) is 66.7 Å². The van der Waals surface area contributed by atoms with Gasteiger partial charge in [-0.3, -0.25) is 4.79 Å². The van der Waals surface area contributed by atoms with Crippen LogP contribution in [0.5, 0.6) is 11.5 Å². The summed E-state index contributed by atoms with van der Waals surface area (Å²) in [6, 6.07) is 24.8. The topological polar surface area (TPSA) is 47.6 Å². The van der Waals surface area contributed by atoms with Crippen molar-refractivity contribution >= 4 is 5.91 Å². The molecule has 1 amide bonds. The van der Waals surface area contributed by atoms with Crippen molar-refractivity contribution in [1.82, 2.24) is 5.32 Å². The summed E-state index contributed by atoms with van der Waals surface area (Å²) in [4.78, 5) is 12.2. The molecule has 0 saturated carbocycles. The van der Waals surface area contributed by atoms with E-state index in [-0.39, 0.29) is 5.91 Å². The van der Waals surface area contributed by atoms with Gasteiger partial charge in [-0.1, -0.05) is 54.6 Å². The van der Waals surface area contributed by atoms with Crippen LogP contribution in [-0.4, -0.2) is 5.91 Å².